The first-order chi connectivity index (χ1) is 14.7. The number of nitriles is 1. The molecule has 1 amide bonds. The Balaban J connectivity index is 1.68. The lowest BCUT2D eigenvalue weighted by molar-refractivity contribution is 0.0214. The van der Waals surface area contributed by atoms with Crippen molar-refractivity contribution in [3.63, 3.8) is 0 Å². The molecule has 160 valence electrons. The van der Waals surface area contributed by atoms with E-state index in [0.717, 1.165) is 32.3 Å². The van der Waals surface area contributed by atoms with E-state index in [9.17, 15) is 10.1 Å². The van der Waals surface area contributed by atoms with Crippen LogP contribution >= 0.6 is 15.9 Å². The van der Waals surface area contributed by atoms with Gasteiger partial charge < -0.3 is 9.30 Å². The third-order valence-electron chi connectivity index (χ3n) is 5.53. The molecule has 1 saturated heterocycles. The fourth-order valence-electron chi connectivity index (χ4n) is 4.07. The van der Waals surface area contributed by atoms with Gasteiger partial charge in [-0.05, 0) is 56.2 Å². The number of halogens is 1. The number of carbonyl (C=O) groups is 1. The summed E-state index contributed by atoms with van der Waals surface area (Å²) in [6.07, 6.45) is 1.98. The fraction of sp³-hybridized carbons (Fsp3) is 0.375. The number of nitrogens with zero attached hydrogens (tertiary/aromatic N) is 4. The second kappa shape index (κ2) is 8.01. The molecular formula is C24H25BrN4O2. The van der Waals surface area contributed by atoms with E-state index in [1.165, 1.54) is 0 Å². The maximum Gasteiger partial charge on any atom is 0.410 e. The number of amides is 1. The molecule has 1 aromatic heterocycles. The first-order valence-corrected chi connectivity index (χ1v) is 11.1. The van der Waals surface area contributed by atoms with Crippen LogP contribution in [0.2, 0.25) is 0 Å². The number of benzene rings is 2. The van der Waals surface area contributed by atoms with Gasteiger partial charge in [0.25, 0.3) is 0 Å². The van der Waals surface area contributed by atoms with Gasteiger partial charge in [0.15, 0.2) is 0 Å². The molecule has 0 aliphatic carbocycles. The van der Waals surface area contributed by atoms with Crippen molar-refractivity contribution in [1.29, 1.82) is 5.26 Å². The molecule has 2 atom stereocenters. The SMILES string of the molecule is Cn1c(-c2ccc3cc(Br)ccc3c2)cnc1[C@@H]1C[C@H](C#N)CN1C(=O)OC(C)(C)C. The summed E-state index contributed by atoms with van der Waals surface area (Å²) in [6.45, 7) is 5.88. The zero-order chi connectivity index (χ0) is 22.3. The number of hydrogen-bond donors (Lipinski definition) is 0. The topological polar surface area (TPSA) is 71.2 Å². The summed E-state index contributed by atoms with van der Waals surface area (Å²) in [5.74, 6) is 0.520. The molecule has 0 N–H and O–H groups in total. The highest BCUT2D eigenvalue weighted by Gasteiger charge is 2.40. The van der Waals surface area contributed by atoms with E-state index >= 15 is 0 Å². The lowest BCUT2D eigenvalue weighted by Gasteiger charge is -2.28. The largest absolute Gasteiger partial charge is 0.444 e. The van der Waals surface area contributed by atoms with Crippen molar-refractivity contribution in [2.24, 2.45) is 13.0 Å². The summed E-state index contributed by atoms with van der Waals surface area (Å²) in [7, 11) is 1.95. The molecule has 1 aliphatic heterocycles. The standard InChI is InChI=1S/C24H25BrN4O2/c1-24(2,3)31-23(30)29-14-15(12-26)9-20(29)22-27-13-21(28(22)4)18-6-5-17-11-19(25)8-7-16(17)10-18/h5-8,10-11,13,15,20H,9,14H2,1-4H3/t15-,20+/m1/s1. The molecule has 7 heteroatoms. The Morgan fingerprint density at radius 1 is 1.23 bits per heavy atom. The molecule has 2 heterocycles. The second-order valence-corrected chi connectivity index (χ2v) is 9.89. The molecule has 3 aromatic rings. The summed E-state index contributed by atoms with van der Waals surface area (Å²) in [6, 6.07) is 14.5. The maximum absolute atomic E-state index is 12.8. The molecule has 0 unspecified atom stereocenters. The summed E-state index contributed by atoms with van der Waals surface area (Å²) < 4.78 is 8.66. The van der Waals surface area contributed by atoms with Crippen LogP contribution in [0.4, 0.5) is 4.79 Å². The average molecular weight is 481 g/mol. The Hall–Kier alpha value is -2.85. The molecule has 0 spiro atoms. The van der Waals surface area contributed by atoms with E-state index in [1.54, 1.807) is 4.90 Å². The highest BCUT2D eigenvalue weighted by molar-refractivity contribution is 9.10. The molecule has 31 heavy (non-hydrogen) atoms. The molecule has 1 fully saturated rings. The second-order valence-electron chi connectivity index (χ2n) is 8.98. The fourth-order valence-corrected chi connectivity index (χ4v) is 4.45. The van der Waals surface area contributed by atoms with Crippen molar-refractivity contribution in [3.05, 3.63) is 52.9 Å². The maximum atomic E-state index is 12.8. The molecular weight excluding hydrogens is 456 g/mol. The van der Waals surface area contributed by atoms with Crippen molar-refractivity contribution >= 4 is 32.8 Å². The number of aromatic nitrogens is 2. The van der Waals surface area contributed by atoms with E-state index in [1.807, 2.05) is 44.6 Å². The zero-order valence-corrected chi connectivity index (χ0v) is 19.7. The van der Waals surface area contributed by atoms with Gasteiger partial charge in [-0.2, -0.15) is 5.26 Å². The molecule has 0 saturated carbocycles. The van der Waals surface area contributed by atoms with Crippen molar-refractivity contribution < 1.29 is 9.53 Å². The molecule has 2 aromatic carbocycles. The minimum Gasteiger partial charge on any atom is -0.444 e. The van der Waals surface area contributed by atoms with Crippen LogP contribution in [0.5, 0.6) is 0 Å². The number of rotatable bonds is 2. The Labute approximate surface area is 190 Å². The molecule has 0 radical (unpaired) electrons. The average Bonchev–Trinajstić information content (AvgIpc) is 3.29. The van der Waals surface area contributed by atoms with E-state index in [4.69, 9.17) is 4.74 Å². The van der Waals surface area contributed by atoms with Gasteiger partial charge in [-0.25, -0.2) is 9.78 Å². The first kappa shape index (κ1) is 21.4. The lowest BCUT2D eigenvalue weighted by Crippen LogP contribution is -2.37. The van der Waals surface area contributed by atoms with Crippen LogP contribution in [-0.2, 0) is 11.8 Å². The van der Waals surface area contributed by atoms with Crippen LogP contribution in [0.15, 0.2) is 47.1 Å². The Morgan fingerprint density at radius 3 is 2.65 bits per heavy atom. The van der Waals surface area contributed by atoms with Crippen LogP contribution in [0.1, 0.15) is 39.1 Å². The first-order valence-electron chi connectivity index (χ1n) is 10.3. The Bertz CT molecular complexity index is 1190. The minimum atomic E-state index is -0.598. The van der Waals surface area contributed by atoms with E-state index in [2.05, 4.69) is 57.3 Å². The van der Waals surface area contributed by atoms with Crippen LogP contribution in [0.25, 0.3) is 22.0 Å². The predicted octanol–water partition coefficient (Wildman–Crippen LogP) is 5.82. The highest BCUT2D eigenvalue weighted by atomic mass is 79.9. The quantitative estimate of drug-likeness (QED) is 0.462. The molecule has 4 rings (SSSR count). The normalized spacial score (nSPS) is 18.9. The molecule has 6 nitrogen and oxygen atoms in total. The van der Waals surface area contributed by atoms with Crippen molar-refractivity contribution in [2.75, 3.05) is 6.54 Å². The molecule has 0 bridgehead atoms. The van der Waals surface area contributed by atoms with Gasteiger partial charge in [0.05, 0.1) is 29.9 Å². The number of hydrogen-bond acceptors (Lipinski definition) is 4. The number of carbonyl (C=O) groups excluding carboxylic acids is 1. The smallest absolute Gasteiger partial charge is 0.410 e. The number of fused-ring (bicyclic) bond motifs is 1. The Morgan fingerprint density at radius 2 is 1.94 bits per heavy atom. The summed E-state index contributed by atoms with van der Waals surface area (Å²) >= 11 is 3.52. The van der Waals surface area contributed by atoms with Crippen LogP contribution < -0.4 is 0 Å². The third kappa shape index (κ3) is 4.31. The van der Waals surface area contributed by atoms with Gasteiger partial charge in [-0.15, -0.1) is 0 Å². The minimum absolute atomic E-state index is 0.239. The predicted molar refractivity (Wildman–Crippen MR) is 123 cm³/mol. The van der Waals surface area contributed by atoms with Gasteiger partial charge in [-0.3, -0.25) is 4.90 Å². The molecule has 1 aliphatic rings. The zero-order valence-electron chi connectivity index (χ0n) is 18.1. The van der Waals surface area contributed by atoms with Gasteiger partial charge in [0.2, 0.25) is 0 Å². The van der Waals surface area contributed by atoms with Gasteiger partial charge in [-0.1, -0.05) is 34.1 Å². The number of likely N-dealkylation sites (tertiary alicyclic amines) is 1. The van der Waals surface area contributed by atoms with Crippen molar-refractivity contribution in [3.8, 4) is 17.3 Å². The van der Waals surface area contributed by atoms with E-state index < -0.39 is 11.7 Å². The van der Waals surface area contributed by atoms with Gasteiger partial charge >= 0.3 is 6.09 Å². The van der Waals surface area contributed by atoms with Crippen LogP contribution in [0.3, 0.4) is 0 Å². The van der Waals surface area contributed by atoms with E-state index in [0.29, 0.717) is 13.0 Å². The number of imidazole rings is 1. The highest BCUT2D eigenvalue weighted by Crippen LogP contribution is 2.37. The van der Waals surface area contributed by atoms with Crippen LogP contribution in [0, 0.1) is 17.2 Å². The lowest BCUT2D eigenvalue weighted by atomic mass is 10.1. The Kier molecular flexibility index (Phi) is 5.52. The van der Waals surface area contributed by atoms with Gasteiger partial charge in [0.1, 0.15) is 11.4 Å². The monoisotopic (exact) mass is 480 g/mol. The third-order valence-corrected chi connectivity index (χ3v) is 6.03. The summed E-state index contributed by atoms with van der Waals surface area (Å²) in [4.78, 5) is 19.1. The van der Waals surface area contributed by atoms with Crippen LogP contribution in [-0.4, -0.2) is 32.7 Å². The van der Waals surface area contributed by atoms with Crippen molar-refractivity contribution in [2.45, 2.75) is 38.8 Å². The summed E-state index contributed by atoms with van der Waals surface area (Å²) in [5, 5.41) is 11.8. The van der Waals surface area contributed by atoms with E-state index in [-0.39, 0.29) is 12.0 Å². The summed E-state index contributed by atoms with van der Waals surface area (Å²) in [5.41, 5.74) is 1.42. The van der Waals surface area contributed by atoms with Gasteiger partial charge in [0, 0.05) is 23.6 Å². The van der Waals surface area contributed by atoms with Crippen molar-refractivity contribution in [1.82, 2.24) is 14.5 Å². The number of ether oxygens (including phenoxy) is 1.